The zero-order chi connectivity index (χ0) is 32.7. The largest absolute Gasteiger partial charge is 0.310 e. The number of rotatable bonds is 0. The van der Waals surface area contributed by atoms with E-state index in [1.54, 1.807) is 0 Å². The maximum absolute atomic E-state index is 2.67. The quantitative estimate of drug-likeness (QED) is 0.115. The van der Waals surface area contributed by atoms with E-state index < -0.39 is 0 Å². The van der Waals surface area contributed by atoms with Crippen molar-refractivity contribution in [3.8, 4) is 11.4 Å². The van der Waals surface area contributed by atoms with Gasteiger partial charge in [0, 0.05) is 43.5 Å². The summed E-state index contributed by atoms with van der Waals surface area (Å²) >= 11 is 0. The number of nitrogens with zero attached hydrogens (tertiary/aromatic N) is 2. The van der Waals surface area contributed by atoms with E-state index >= 15 is 0 Å². The van der Waals surface area contributed by atoms with Crippen molar-refractivity contribution in [2.45, 2.75) is 0 Å². The highest BCUT2D eigenvalue weighted by molar-refractivity contribution is 7.00. The summed E-state index contributed by atoms with van der Waals surface area (Å²) in [6.45, 7) is 0.0880. The summed E-state index contributed by atoms with van der Waals surface area (Å²) in [5.41, 5.74) is 12.1. The lowest BCUT2D eigenvalue weighted by molar-refractivity contribution is 1.16. The van der Waals surface area contributed by atoms with Crippen molar-refractivity contribution >= 4 is 121 Å². The summed E-state index contributed by atoms with van der Waals surface area (Å²) < 4.78 is 5.29. The molecule has 10 aromatic carbocycles. The van der Waals surface area contributed by atoms with Crippen molar-refractivity contribution < 1.29 is 0 Å². The van der Waals surface area contributed by atoms with Gasteiger partial charge in [-0.15, -0.1) is 0 Å². The van der Waals surface area contributed by atoms with Crippen molar-refractivity contribution in [2.24, 2.45) is 0 Å². The van der Waals surface area contributed by atoms with Crippen LogP contribution in [0.3, 0.4) is 0 Å². The third-order valence-corrected chi connectivity index (χ3v) is 12.5. The van der Waals surface area contributed by atoms with E-state index in [2.05, 4.69) is 161 Å². The topological polar surface area (TPSA) is 9.86 Å². The van der Waals surface area contributed by atoms with Crippen LogP contribution in [0.4, 0.5) is 0 Å². The average molecular weight is 641 g/mol. The first kappa shape index (κ1) is 25.4. The molecule has 0 saturated carbocycles. The number of benzene rings is 10. The van der Waals surface area contributed by atoms with Crippen LogP contribution < -0.4 is 16.4 Å². The van der Waals surface area contributed by atoms with Gasteiger partial charge >= 0.3 is 0 Å². The van der Waals surface area contributed by atoms with Crippen molar-refractivity contribution in [3.63, 3.8) is 0 Å². The molecule has 14 rings (SSSR count). The van der Waals surface area contributed by atoms with E-state index in [1.807, 2.05) is 0 Å². The van der Waals surface area contributed by atoms with Gasteiger partial charge in [-0.1, -0.05) is 140 Å². The Morgan fingerprint density at radius 2 is 0.941 bits per heavy atom. The first-order valence-corrected chi connectivity index (χ1v) is 18.0. The lowest BCUT2D eigenvalue weighted by Crippen LogP contribution is -2.59. The molecule has 0 N–H and O–H groups in total. The van der Waals surface area contributed by atoms with Crippen molar-refractivity contribution in [1.29, 1.82) is 0 Å². The third kappa shape index (κ3) is 2.72. The van der Waals surface area contributed by atoms with Crippen LogP contribution in [0.1, 0.15) is 0 Å². The molecule has 0 spiro atoms. The Bertz CT molecular complexity index is 3600. The molecular weight excluding hydrogens is 615 g/mol. The number of hydrogen-bond acceptors (Lipinski definition) is 0. The molecule has 3 heteroatoms. The predicted octanol–water partition coefficient (Wildman–Crippen LogP) is 10.2. The minimum Gasteiger partial charge on any atom is -0.310 e. The molecule has 0 aliphatic carbocycles. The van der Waals surface area contributed by atoms with E-state index in [-0.39, 0.29) is 6.71 Å². The standard InChI is InChI=1S/C48H25BN2/c1-3-14-30-28(10-1)24-37-48-42(30)32-16-5-6-21-38(32)50(48)47-31-15-4-2-11-29(31)25-39-44(47)49(37)36-20-9-19-35-43-33-17-7-12-26-22-23-27-13-8-18-34(41(27)40(26)33)46(43)51(39)45(35)36/h1-25H. The van der Waals surface area contributed by atoms with Crippen LogP contribution in [0.2, 0.25) is 0 Å². The van der Waals surface area contributed by atoms with Gasteiger partial charge in [0.05, 0.1) is 22.2 Å². The number of fused-ring (bicyclic) bond motifs is 16. The Morgan fingerprint density at radius 1 is 0.353 bits per heavy atom. The summed E-state index contributed by atoms with van der Waals surface area (Å²) in [5.74, 6) is 0. The fourth-order valence-electron chi connectivity index (χ4n) is 10.8. The molecule has 0 saturated heterocycles. The molecule has 2 nitrogen and oxygen atoms in total. The fraction of sp³-hybridized carbons (Fsp3) is 0. The molecule has 0 unspecified atom stereocenters. The van der Waals surface area contributed by atoms with E-state index in [4.69, 9.17) is 0 Å². The Morgan fingerprint density at radius 3 is 1.76 bits per heavy atom. The molecule has 12 aromatic rings. The van der Waals surface area contributed by atoms with Gasteiger partial charge in [0.1, 0.15) is 0 Å². The maximum atomic E-state index is 2.67. The fourth-order valence-corrected chi connectivity index (χ4v) is 10.8. The van der Waals surface area contributed by atoms with Crippen molar-refractivity contribution in [2.75, 3.05) is 0 Å². The summed E-state index contributed by atoms with van der Waals surface area (Å²) in [6.07, 6.45) is 0. The van der Waals surface area contributed by atoms with Gasteiger partial charge in [-0.3, -0.25) is 0 Å². The predicted molar refractivity (Wildman–Crippen MR) is 218 cm³/mol. The van der Waals surface area contributed by atoms with Gasteiger partial charge in [0.15, 0.2) is 0 Å². The lowest BCUT2D eigenvalue weighted by Gasteiger charge is -2.35. The minimum absolute atomic E-state index is 0.0880. The Kier molecular flexibility index (Phi) is 4.19. The summed E-state index contributed by atoms with van der Waals surface area (Å²) in [5, 5.41) is 18.6. The Balaban J connectivity index is 1.31. The molecular formula is C48H25BN2. The highest BCUT2D eigenvalue weighted by atomic mass is 15.0. The van der Waals surface area contributed by atoms with Gasteiger partial charge in [0.25, 0.3) is 6.71 Å². The zero-order valence-corrected chi connectivity index (χ0v) is 27.4. The summed E-state index contributed by atoms with van der Waals surface area (Å²) in [4.78, 5) is 0. The van der Waals surface area contributed by atoms with Gasteiger partial charge in [-0.25, -0.2) is 0 Å². The zero-order valence-electron chi connectivity index (χ0n) is 27.4. The van der Waals surface area contributed by atoms with Crippen molar-refractivity contribution in [1.82, 2.24) is 9.13 Å². The smallest absolute Gasteiger partial charge is 0.252 e. The second kappa shape index (κ2) is 8.41. The summed E-state index contributed by atoms with van der Waals surface area (Å²) in [6, 6.07) is 57.6. The van der Waals surface area contributed by atoms with Gasteiger partial charge in [-0.2, -0.15) is 0 Å². The monoisotopic (exact) mass is 640 g/mol. The lowest BCUT2D eigenvalue weighted by atomic mass is 9.34. The number of para-hydroxylation sites is 2. The molecule has 51 heavy (non-hydrogen) atoms. The Labute approximate surface area is 291 Å². The highest BCUT2D eigenvalue weighted by Gasteiger charge is 2.42. The van der Waals surface area contributed by atoms with E-state index in [1.165, 1.54) is 125 Å². The van der Waals surface area contributed by atoms with E-state index in [9.17, 15) is 0 Å². The minimum atomic E-state index is 0.0880. The molecule has 0 fully saturated rings. The van der Waals surface area contributed by atoms with Crippen LogP contribution in [0.5, 0.6) is 0 Å². The van der Waals surface area contributed by atoms with E-state index in [0.717, 1.165) is 0 Å². The van der Waals surface area contributed by atoms with Gasteiger partial charge in [-0.05, 0) is 71.6 Å². The second-order valence-corrected chi connectivity index (χ2v) is 14.8. The van der Waals surface area contributed by atoms with Crippen LogP contribution >= 0.6 is 0 Å². The number of aromatic nitrogens is 2. The maximum Gasteiger partial charge on any atom is 0.252 e. The van der Waals surface area contributed by atoms with Crippen LogP contribution in [0, 0.1) is 0 Å². The molecule has 0 radical (unpaired) electrons. The molecule has 0 bridgehead atoms. The summed E-state index contributed by atoms with van der Waals surface area (Å²) in [7, 11) is 0. The second-order valence-electron chi connectivity index (χ2n) is 14.8. The van der Waals surface area contributed by atoms with Gasteiger partial charge in [0.2, 0.25) is 0 Å². The molecule has 2 aliphatic rings. The van der Waals surface area contributed by atoms with Crippen LogP contribution in [-0.4, -0.2) is 15.8 Å². The molecule has 4 heterocycles. The van der Waals surface area contributed by atoms with Gasteiger partial charge < -0.3 is 9.13 Å². The highest BCUT2D eigenvalue weighted by Crippen LogP contribution is 2.48. The van der Waals surface area contributed by atoms with Crippen LogP contribution in [0.25, 0.3) is 109 Å². The molecule has 0 atom stereocenters. The van der Waals surface area contributed by atoms with Crippen LogP contribution in [-0.2, 0) is 0 Å². The first-order valence-electron chi connectivity index (χ1n) is 18.0. The van der Waals surface area contributed by atoms with Crippen molar-refractivity contribution in [3.05, 3.63) is 152 Å². The Hall–Kier alpha value is -6.58. The third-order valence-electron chi connectivity index (χ3n) is 12.5. The first-order chi connectivity index (χ1) is 25.3. The SMILES string of the molecule is c1ccc2c3c4c(cc2c1)-n1c2c(cccc2c2c5cccc6ccc7cccc(c7c65)c21)B4c1cc2ccccc2c2c4ccccc4n-3c12. The molecule has 0 amide bonds. The van der Waals surface area contributed by atoms with Crippen LogP contribution in [0.15, 0.2) is 152 Å². The molecule has 2 aromatic heterocycles. The normalized spacial score (nSPS) is 13.5. The average Bonchev–Trinajstić information content (AvgIpc) is 3.72. The molecule has 2 aliphatic heterocycles. The molecule has 230 valence electrons. The number of hydrogen-bond donors (Lipinski definition) is 0. The van der Waals surface area contributed by atoms with E-state index in [0.29, 0.717) is 0 Å².